The van der Waals surface area contributed by atoms with Crippen LogP contribution in [0.1, 0.15) is 71.6 Å². The molecule has 1 N–H and O–H groups in total. The van der Waals surface area contributed by atoms with Crippen LogP contribution >= 0.6 is 0 Å². The third kappa shape index (κ3) is 13.6. The second kappa shape index (κ2) is 16.3. The summed E-state index contributed by atoms with van der Waals surface area (Å²) in [5.41, 5.74) is 0. The van der Waals surface area contributed by atoms with E-state index in [1.54, 1.807) is 6.92 Å². The summed E-state index contributed by atoms with van der Waals surface area (Å²) in [6.45, 7) is 2.94. The van der Waals surface area contributed by atoms with E-state index < -0.39 is 42.6 Å². The summed E-state index contributed by atoms with van der Waals surface area (Å²) >= 11 is 0. The van der Waals surface area contributed by atoms with Crippen molar-refractivity contribution in [3.8, 4) is 0 Å². The molecule has 0 saturated carbocycles. The minimum atomic E-state index is -1.15. The number of rotatable bonds is 15. The number of hydrogen-bond donors (Lipinski definition) is 1. The van der Waals surface area contributed by atoms with Crippen molar-refractivity contribution < 1.29 is 48.0 Å². The highest BCUT2D eigenvalue weighted by Gasteiger charge is 2.31. The maximum Gasteiger partial charge on any atom is 0.511 e. The Bertz CT molecular complexity index is 534. The molecule has 0 aliphatic carbocycles. The molecular formula is C20H34O10. The van der Waals surface area contributed by atoms with Crippen LogP contribution in [-0.4, -0.2) is 56.0 Å². The predicted octanol–water partition coefficient (Wildman–Crippen LogP) is 4.04. The highest BCUT2D eigenvalue weighted by atomic mass is 16.8. The maximum atomic E-state index is 12.5. The van der Waals surface area contributed by atoms with E-state index in [4.69, 9.17) is 19.3 Å². The molecule has 0 saturated heterocycles. The number of ether oxygens (including phenoxy) is 5. The van der Waals surface area contributed by atoms with E-state index in [1.807, 2.05) is 0 Å². The summed E-state index contributed by atoms with van der Waals surface area (Å²) in [6, 6.07) is 0. The predicted molar refractivity (Wildman–Crippen MR) is 105 cm³/mol. The average Bonchev–Trinajstić information content (AvgIpc) is 2.68. The van der Waals surface area contributed by atoms with Gasteiger partial charge in [-0.05, 0) is 19.8 Å². The van der Waals surface area contributed by atoms with Gasteiger partial charge in [0.15, 0.2) is 0 Å². The molecule has 0 fully saturated rings. The zero-order valence-corrected chi connectivity index (χ0v) is 18.2. The van der Waals surface area contributed by atoms with Crippen molar-refractivity contribution in [2.45, 2.75) is 84.0 Å². The number of unbranched alkanes of at least 4 members (excludes halogenated alkanes) is 6. The summed E-state index contributed by atoms with van der Waals surface area (Å²) in [5.74, 6) is -2.18. The van der Waals surface area contributed by atoms with Crippen LogP contribution in [0.15, 0.2) is 0 Å². The lowest BCUT2D eigenvalue weighted by Crippen LogP contribution is -2.34. The minimum absolute atomic E-state index is 0.194. The van der Waals surface area contributed by atoms with Crippen LogP contribution in [0.3, 0.4) is 0 Å². The second-order valence-electron chi connectivity index (χ2n) is 6.87. The van der Waals surface area contributed by atoms with Crippen molar-refractivity contribution in [3.05, 3.63) is 0 Å². The van der Waals surface area contributed by atoms with Gasteiger partial charge < -0.3 is 28.8 Å². The zero-order chi connectivity index (χ0) is 22.9. The number of hydrogen-bond acceptors (Lipinski definition) is 9. The van der Waals surface area contributed by atoms with E-state index in [-0.39, 0.29) is 6.42 Å². The van der Waals surface area contributed by atoms with Crippen molar-refractivity contribution >= 4 is 24.2 Å². The van der Waals surface area contributed by atoms with E-state index in [0.29, 0.717) is 19.3 Å². The van der Waals surface area contributed by atoms with Gasteiger partial charge in [0, 0.05) is 13.3 Å². The first-order valence-electron chi connectivity index (χ1n) is 10.1. The Morgan fingerprint density at radius 3 is 1.77 bits per heavy atom. The van der Waals surface area contributed by atoms with Crippen LogP contribution in [0.5, 0.6) is 0 Å². The van der Waals surface area contributed by atoms with E-state index in [0.717, 1.165) is 39.2 Å². The monoisotopic (exact) mass is 434 g/mol. The molecule has 0 aromatic carbocycles. The van der Waals surface area contributed by atoms with E-state index in [1.165, 1.54) is 14.0 Å². The normalized spacial score (nSPS) is 13.5. The smallest absolute Gasteiger partial charge is 0.481 e. The minimum Gasteiger partial charge on any atom is -0.481 e. The number of carbonyl (C=O) groups excluding carboxylic acids is 3. The van der Waals surface area contributed by atoms with Gasteiger partial charge in [-0.15, -0.1) is 0 Å². The highest BCUT2D eigenvalue weighted by Crippen LogP contribution is 2.21. The molecule has 0 amide bonds. The van der Waals surface area contributed by atoms with Gasteiger partial charge in [-0.25, -0.2) is 9.59 Å². The molecule has 10 nitrogen and oxygen atoms in total. The molecule has 10 heteroatoms. The highest BCUT2D eigenvalue weighted by molar-refractivity contribution is 5.74. The molecule has 3 atom stereocenters. The molecular weight excluding hydrogens is 400 g/mol. The van der Waals surface area contributed by atoms with Crippen LogP contribution in [0.2, 0.25) is 0 Å². The van der Waals surface area contributed by atoms with E-state index >= 15 is 0 Å². The summed E-state index contributed by atoms with van der Waals surface area (Å²) < 4.78 is 23.7. The zero-order valence-electron chi connectivity index (χ0n) is 18.2. The van der Waals surface area contributed by atoms with Gasteiger partial charge in [-0.2, -0.15) is 0 Å². The summed E-state index contributed by atoms with van der Waals surface area (Å²) in [6.07, 6.45) is 2.81. The van der Waals surface area contributed by atoms with Gasteiger partial charge in [0.05, 0.1) is 20.1 Å². The maximum absolute atomic E-state index is 12.5. The van der Waals surface area contributed by atoms with Gasteiger partial charge in [0.1, 0.15) is 6.10 Å². The van der Waals surface area contributed by atoms with Crippen molar-refractivity contribution in [3.63, 3.8) is 0 Å². The van der Waals surface area contributed by atoms with Crippen LogP contribution in [0.4, 0.5) is 9.59 Å². The molecule has 0 aliphatic heterocycles. The molecule has 0 aliphatic rings. The Kier molecular flexibility index (Phi) is 14.9. The number of aliphatic carboxylic acids is 1. The SMILES string of the molecule is COC(=O)OC(C)OC(=O)C(CCCCCCCCCC(=O)O)C(C)OC(=O)OC. The van der Waals surface area contributed by atoms with Crippen molar-refractivity contribution in [1.82, 2.24) is 0 Å². The third-order valence-corrected chi connectivity index (χ3v) is 4.43. The standard InChI is InChI=1S/C20H34O10/c1-14(28-19(24)26-3)16(18(23)29-15(2)30-20(25)27-4)12-10-8-6-5-7-9-11-13-17(21)22/h14-16H,5-13H2,1-4H3,(H,21,22). The van der Waals surface area contributed by atoms with Crippen LogP contribution in [-0.2, 0) is 33.3 Å². The molecule has 0 radical (unpaired) electrons. The first-order chi connectivity index (χ1) is 14.2. The Morgan fingerprint density at radius 1 is 0.733 bits per heavy atom. The Balaban J connectivity index is 4.46. The molecule has 0 bridgehead atoms. The topological polar surface area (TPSA) is 135 Å². The van der Waals surface area contributed by atoms with Gasteiger partial charge in [-0.3, -0.25) is 9.59 Å². The lowest BCUT2D eigenvalue weighted by Gasteiger charge is -2.23. The molecule has 0 aromatic rings. The van der Waals surface area contributed by atoms with E-state index in [2.05, 4.69) is 9.47 Å². The molecule has 3 unspecified atom stereocenters. The number of methoxy groups -OCH3 is 2. The fourth-order valence-corrected chi connectivity index (χ4v) is 2.81. The lowest BCUT2D eigenvalue weighted by molar-refractivity contribution is -0.176. The van der Waals surface area contributed by atoms with Gasteiger partial charge in [-0.1, -0.05) is 38.5 Å². The molecule has 0 rings (SSSR count). The van der Waals surface area contributed by atoms with Crippen molar-refractivity contribution in [1.29, 1.82) is 0 Å². The van der Waals surface area contributed by atoms with Crippen LogP contribution in [0.25, 0.3) is 0 Å². The average molecular weight is 434 g/mol. The van der Waals surface area contributed by atoms with E-state index in [9.17, 15) is 19.2 Å². The summed E-state index contributed by atoms with van der Waals surface area (Å²) in [7, 11) is 2.31. The van der Waals surface area contributed by atoms with Gasteiger partial charge in [0.2, 0.25) is 6.29 Å². The summed E-state index contributed by atoms with van der Waals surface area (Å²) in [4.78, 5) is 45.4. The first-order valence-corrected chi connectivity index (χ1v) is 10.1. The number of esters is 1. The quantitative estimate of drug-likeness (QED) is 0.174. The molecule has 174 valence electrons. The molecule has 0 aromatic heterocycles. The molecule has 30 heavy (non-hydrogen) atoms. The largest absolute Gasteiger partial charge is 0.511 e. The van der Waals surface area contributed by atoms with Crippen molar-refractivity contribution in [2.75, 3.05) is 14.2 Å². The lowest BCUT2D eigenvalue weighted by atomic mass is 9.95. The Morgan fingerprint density at radius 2 is 1.23 bits per heavy atom. The van der Waals surface area contributed by atoms with Crippen molar-refractivity contribution in [2.24, 2.45) is 5.92 Å². The third-order valence-electron chi connectivity index (χ3n) is 4.43. The fourth-order valence-electron chi connectivity index (χ4n) is 2.81. The summed E-state index contributed by atoms with van der Waals surface area (Å²) in [5, 5.41) is 8.60. The van der Waals surface area contributed by atoms with Crippen LogP contribution in [0, 0.1) is 5.92 Å². The molecule has 0 heterocycles. The number of carboxylic acid groups (broad SMARTS) is 1. The van der Waals surface area contributed by atoms with Gasteiger partial charge in [0.25, 0.3) is 0 Å². The van der Waals surface area contributed by atoms with Crippen LogP contribution < -0.4 is 0 Å². The fraction of sp³-hybridized carbons (Fsp3) is 0.800. The second-order valence-corrected chi connectivity index (χ2v) is 6.87. The Labute approximate surface area is 177 Å². The molecule has 0 spiro atoms. The number of carbonyl (C=O) groups is 4. The first kappa shape index (κ1) is 27.5. The van der Waals surface area contributed by atoms with Gasteiger partial charge >= 0.3 is 24.2 Å². The Hall–Kier alpha value is -2.52. The number of carboxylic acids is 1.